The number of aromatic nitrogens is 1. The van der Waals surface area contributed by atoms with Crippen LogP contribution >= 0.6 is 11.3 Å². The second kappa shape index (κ2) is 10.5. The molecule has 0 aliphatic rings. The predicted octanol–water partition coefficient (Wildman–Crippen LogP) is 4.98. The van der Waals surface area contributed by atoms with Gasteiger partial charge in [0.05, 0.1) is 18.9 Å². The van der Waals surface area contributed by atoms with Gasteiger partial charge in [0.15, 0.2) is 5.13 Å². The molecule has 0 unspecified atom stereocenters. The fraction of sp³-hybridized carbons (Fsp3) is 0.214. The minimum Gasteiger partial charge on any atom is -0.497 e. The summed E-state index contributed by atoms with van der Waals surface area (Å²) in [6, 6.07) is 10.6. The zero-order valence-corrected chi connectivity index (χ0v) is 21.9. The summed E-state index contributed by atoms with van der Waals surface area (Å²) in [4.78, 5) is 41.2. The Hall–Kier alpha value is -4.44. The third kappa shape index (κ3) is 5.03. The summed E-state index contributed by atoms with van der Waals surface area (Å²) in [5, 5.41) is 9.29. The van der Waals surface area contributed by atoms with Crippen molar-refractivity contribution in [3.05, 3.63) is 75.1 Å². The van der Waals surface area contributed by atoms with E-state index in [1.165, 1.54) is 17.4 Å². The monoisotopic (exact) mass is 531 g/mol. The van der Waals surface area contributed by atoms with Crippen LogP contribution in [0.1, 0.15) is 23.1 Å². The SMILES string of the molecule is COc1ccc(-c2oc3c(c(C)cc4oc(=O)cc(C)c43)c2CC(=O)NCCC(=O)Nc2nccs2)cc1. The van der Waals surface area contributed by atoms with Gasteiger partial charge in [-0.2, -0.15) is 0 Å². The first-order valence-electron chi connectivity index (χ1n) is 11.9. The molecule has 2 N–H and O–H groups in total. The van der Waals surface area contributed by atoms with Gasteiger partial charge in [0.1, 0.15) is 22.7 Å². The topological polar surface area (TPSA) is 124 Å². The third-order valence-electron chi connectivity index (χ3n) is 6.20. The van der Waals surface area contributed by atoms with E-state index in [2.05, 4.69) is 15.6 Å². The minimum atomic E-state index is -0.436. The molecular formula is C28H25N3O6S. The van der Waals surface area contributed by atoms with Crippen LogP contribution in [0.2, 0.25) is 0 Å². The lowest BCUT2D eigenvalue weighted by Crippen LogP contribution is -2.29. The lowest BCUT2D eigenvalue weighted by molar-refractivity contribution is -0.120. The number of rotatable bonds is 8. The second-order valence-corrected chi connectivity index (χ2v) is 9.71. The molecule has 2 amide bonds. The molecule has 0 atom stereocenters. The van der Waals surface area contributed by atoms with E-state index in [1.54, 1.807) is 24.8 Å². The molecule has 38 heavy (non-hydrogen) atoms. The summed E-state index contributed by atoms with van der Waals surface area (Å²) in [7, 11) is 1.59. The highest BCUT2D eigenvalue weighted by atomic mass is 32.1. The zero-order chi connectivity index (χ0) is 26.8. The first-order valence-corrected chi connectivity index (χ1v) is 12.8. The van der Waals surface area contributed by atoms with Gasteiger partial charge in [0.25, 0.3) is 0 Å². The Labute approximate surface area is 221 Å². The Morgan fingerprint density at radius 3 is 2.50 bits per heavy atom. The molecule has 0 saturated carbocycles. The standard InChI is InChI=1S/C28H25N3O6S/c1-15-12-20-25(16(2)13-23(34)36-20)27-24(15)19(26(37-27)17-4-6-18(35-3)7-5-17)14-22(33)29-9-8-21(32)31-28-30-10-11-38-28/h4-7,10-13H,8-9,14H2,1-3H3,(H,29,33)(H,30,31,32). The van der Waals surface area contributed by atoms with Crippen molar-refractivity contribution in [1.29, 1.82) is 0 Å². The Morgan fingerprint density at radius 1 is 1.03 bits per heavy atom. The van der Waals surface area contributed by atoms with Gasteiger partial charge in [-0.1, -0.05) is 0 Å². The number of thiazole rings is 1. The molecule has 3 aromatic heterocycles. The largest absolute Gasteiger partial charge is 0.497 e. The highest BCUT2D eigenvalue weighted by molar-refractivity contribution is 7.13. The molecule has 0 aliphatic carbocycles. The smallest absolute Gasteiger partial charge is 0.336 e. The number of amides is 2. The number of carbonyl (C=O) groups excluding carboxylic acids is 2. The van der Waals surface area contributed by atoms with Gasteiger partial charge in [0, 0.05) is 47.1 Å². The van der Waals surface area contributed by atoms with E-state index >= 15 is 0 Å². The number of carbonyl (C=O) groups is 2. The third-order valence-corrected chi connectivity index (χ3v) is 6.89. The molecule has 9 nitrogen and oxygen atoms in total. The predicted molar refractivity (Wildman–Crippen MR) is 146 cm³/mol. The van der Waals surface area contributed by atoms with Crippen LogP contribution in [0.4, 0.5) is 5.13 Å². The van der Waals surface area contributed by atoms with Crippen molar-refractivity contribution < 1.29 is 23.2 Å². The van der Waals surface area contributed by atoms with E-state index < -0.39 is 5.63 Å². The van der Waals surface area contributed by atoms with Gasteiger partial charge in [-0.05, 0) is 55.3 Å². The van der Waals surface area contributed by atoms with Gasteiger partial charge in [0.2, 0.25) is 11.8 Å². The number of furan rings is 1. The molecule has 10 heteroatoms. The number of benzene rings is 2. The molecule has 5 aromatic rings. The fourth-order valence-electron chi connectivity index (χ4n) is 4.50. The van der Waals surface area contributed by atoms with Gasteiger partial charge in [-0.15, -0.1) is 11.3 Å². The van der Waals surface area contributed by atoms with E-state index in [0.717, 1.165) is 22.1 Å². The molecule has 194 valence electrons. The van der Waals surface area contributed by atoms with Gasteiger partial charge >= 0.3 is 5.63 Å². The molecule has 0 saturated heterocycles. The molecule has 0 bridgehead atoms. The highest BCUT2D eigenvalue weighted by Gasteiger charge is 2.23. The van der Waals surface area contributed by atoms with Gasteiger partial charge in [-0.25, -0.2) is 9.78 Å². The Kier molecular flexibility index (Phi) is 6.97. The molecule has 0 spiro atoms. The van der Waals surface area contributed by atoms with E-state index in [1.807, 2.05) is 38.1 Å². The minimum absolute atomic E-state index is 0.0324. The maximum Gasteiger partial charge on any atom is 0.336 e. The van der Waals surface area contributed by atoms with Crippen molar-refractivity contribution in [3.63, 3.8) is 0 Å². The molecule has 3 heterocycles. The maximum atomic E-state index is 13.0. The summed E-state index contributed by atoms with van der Waals surface area (Å²) in [6.45, 7) is 3.89. The number of aryl methyl sites for hydroxylation is 2. The second-order valence-electron chi connectivity index (χ2n) is 8.82. The van der Waals surface area contributed by atoms with Crippen molar-refractivity contribution in [2.24, 2.45) is 0 Å². The number of hydrogen-bond donors (Lipinski definition) is 2. The van der Waals surface area contributed by atoms with Crippen molar-refractivity contribution in [2.75, 3.05) is 19.0 Å². The van der Waals surface area contributed by atoms with E-state index in [9.17, 15) is 14.4 Å². The van der Waals surface area contributed by atoms with Crippen LogP contribution in [0.3, 0.4) is 0 Å². The summed E-state index contributed by atoms with van der Waals surface area (Å²) in [6.07, 6.45) is 1.76. The molecular weight excluding hydrogens is 506 g/mol. The number of methoxy groups -OCH3 is 1. The summed E-state index contributed by atoms with van der Waals surface area (Å²) in [5.74, 6) is 0.757. The van der Waals surface area contributed by atoms with Gasteiger partial charge < -0.3 is 24.2 Å². The first kappa shape index (κ1) is 25.2. The van der Waals surface area contributed by atoms with Crippen molar-refractivity contribution in [1.82, 2.24) is 10.3 Å². The Bertz CT molecular complexity index is 1700. The van der Waals surface area contributed by atoms with Crippen LogP contribution in [0.25, 0.3) is 33.3 Å². The van der Waals surface area contributed by atoms with Gasteiger partial charge in [-0.3, -0.25) is 9.59 Å². The Balaban J connectivity index is 1.49. The number of anilines is 1. The van der Waals surface area contributed by atoms with Crippen molar-refractivity contribution in [2.45, 2.75) is 26.7 Å². The van der Waals surface area contributed by atoms with E-state index in [-0.39, 0.29) is 31.2 Å². The highest BCUT2D eigenvalue weighted by Crippen LogP contribution is 2.40. The quantitative estimate of drug-likeness (QED) is 0.271. The first-order chi connectivity index (χ1) is 18.3. The van der Waals surface area contributed by atoms with E-state index in [4.69, 9.17) is 13.6 Å². The van der Waals surface area contributed by atoms with E-state index in [0.29, 0.717) is 38.8 Å². The van der Waals surface area contributed by atoms with Crippen LogP contribution in [0.5, 0.6) is 5.75 Å². The lowest BCUT2D eigenvalue weighted by Gasteiger charge is -2.08. The zero-order valence-electron chi connectivity index (χ0n) is 21.0. The van der Waals surface area contributed by atoms with Crippen molar-refractivity contribution >= 4 is 50.2 Å². The maximum absolute atomic E-state index is 13.0. The number of nitrogens with zero attached hydrogens (tertiary/aromatic N) is 1. The van der Waals surface area contributed by atoms with Crippen LogP contribution in [-0.4, -0.2) is 30.5 Å². The molecule has 0 radical (unpaired) electrons. The van der Waals surface area contributed by atoms with Crippen molar-refractivity contribution in [3.8, 4) is 17.1 Å². The Morgan fingerprint density at radius 2 is 1.79 bits per heavy atom. The van der Waals surface area contributed by atoms with Crippen LogP contribution < -0.4 is 21.0 Å². The number of ether oxygens (including phenoxy) is 1. The summed E-state index contributed by atoms with van der Waals surface area (Å²) in [5.41, 5.74) is 3.56. The molecule has 5 rings (SSSR count). The number of nitrogens with one attached hydrogen (secondary N) is 2. The average Bonchev–Trinajstić information content (AvgIpc) is 3.52. The lowest BCUT2D eigenvalue weighted by atomic mass is 9.97. The summed E-state index contributed by atoms with van der Waals surface area (Å²) < 4.78 is 17.2. The average molecular weight is 532 g/mol. The molecule has 0 aliphatic heterocycles. The van der Waals surface area contributed by atoms with Crippen LogP contribution in [0, 0.1) is 13.8 Å². The van der Waals surface area contributed by atoms with Crippen LogP contribution in [0.15, 0.2) is 61.6 Å². The molecule has 2 aromatic carbocycles. The number of hydrogen-bond acceptors (Lipinski definition) is 8. The molecule has 0 fully saturated rings. The summed E-state index contributed by atoms with van der Waals surface area (Å²) >= 11 is 1.33. The number of fused-ring (bicyclic) bond motifs is 3. The normalized spacial score (nSPS) is 11.1. The van der Waals surface area contributed by atoms with Crippen LogP contribution in [-0.2, 0) is 16.0 Å². The fourth-order valence-corrected chi connectivity index (χ4v) is 5.05.